The molecule has 0 aromatic rings. The number of nitrogens with zero attached hydrogens (tertiary/aromatic N) is 1. The van der Waals surface area contributed by atoms with Crippen LogP contribution < -0.4 is 16.0 Å². The number of amides is 1. The molecule has 2 saturated carbocycles. The summed E-state index contributed by atoms with van der Waals surface area (Å²) in [5, 5.41) is 10.0. The summed E-state index contributed by atoms with van der Waals surface area (Å²) in [6.45, 7) is 4.11. The number of aliphatic imine (C=N–C) groups is 1. The first-order valence-corrected chi connectivity index (χ1v) is 10.7. The summed E-state index contributed by atoms with van der Waals surface area (Å²) < 4.78 is 11.1. The van der Waals surface area contributed by atoms with E-state index in [1.807, 2.05) is 0 Å². The van der Waals surface area contributed by atoms with E-state index in [9.17, 15) is 4.79 Å². The molecule has 0 spiro atoms. The Morgan fingerprint density at radius 1 is 1.15 bits per heavy atom. The van der Waals surface area contributed by atoms with Gasteiger partial charge in [-0.25, -0.2) is 0 Å². The molecule has 0 aromatic carbocycles. The van der Waals surface area contributed by atoms with Crippen molar-refractivity contribution in [2.45, 2.75) is 63.5 Å². The fraction of sp³-hybridized carbons (Fsp3) is 0.900. The highest BCUT2D eigenvalue weighted by atomic mass is 16.5. The molecule has 1 heterocycles. The molecule has 3 N–H and O–H groups in total. The van der Waals surface area contributed by atoms with Crippen LogP contribution in [0.3, 0.4) is 0 Å². The van der Waals surface area contributed by atoms with Crippen molar-refractivity contribution in [1.82, 2.24) is 16.0 Å². The molecule has 0 radical (unpaired) electrons. The molecule has 3 fully saturated rings. The molecule has 0 bridgehead atoms. The second-order valence-electron chi connectivity index (χ2n) is 8.14. The van der Waals surface area contributed by atoms with Gasteiger partial charge in [0, 0.05) is 50.7 Å². The normalized spacial score (nSPS) is 28.8. The highest BCUT2D eigenvalue weighted by Crippen LogP contribution is 2.26. The standard InChI is InChI=1S/C20H36N4O3/c1-21-20(22-9-3-10-26-13-15-8-11-27-14-15)24-18-5-2-4-16(12-18)19(25)23-17-6-7-17/h15-18H,2-14H2,1H3,(H,23,25)(H2,21,22,24). The molecule has 1 saturated heterocycles. The lowest BCUT2D eigenvalue weighted by molar-refractivity contribution is -0.126. The number of guanidine groups is 1. The van der Waals surface area contributed by atoms with Crippen LogP contribution in [0, 0.1) is 11.8 Å². The fourth-order valence-electron chi connectivity index (χ4n) is 3.84. The third-order valence-corrected chi connectivity index (χ3v) is 5.67. The Kier molecular flexibility index (Phi) is 8.20. The minimum absolute atomic E-state index is 0.142. The Morgan fingerprint density at radius 3 is 2.78 bits per heavy atom. The Morgan fingerprint density at radius 2 is 2.04 bits per heavy atom. The van der Waals surface area contributed by atoms with Crippen LogP contribution >= 0.6 is 0 Å². The largest absolute Gasteiger partial charge is 0.381 e. The minimum Gasteiger partial charge on any atom is -0.381 e. The lowest BCUT2D eigenvalue weighted by Crippen LogP contribution is -2.47. The van der Waals surface area contributed by atoms with Gasteiger partial charge < -0.3 is 25.4 Å². The van der Waals surface area contributed by atoms with Crippen molar-refractivity contribution in [3.63, 3.8) is 0 Å². The van der Waals surface area contributed by atoms with Crippen molar-refractivity contribution < 1.29 is 14.3 Å². The van der Waals surface area contributed by atoms with Crippen LogP contribution in [-0.4, -0.2) is 64.0 Å². The van der Waals surface area contributed by atoms with Crippen molar-refractivity contribution in [3.05, 3.63) is 0 Å². The van der Waals surface area contributed by atoms with E-state index >= 15 is 0 Å². The smallest absolute Gasteiger partial charge is 0.223 e. The van der Waals surface area contributed by atoms with E-state index in [4.69, 9.17) is 9.47 Å². The predicted octanol–water partition coefficient (Wildman–Crippen LogP) is 1.43. The predicted molar refractivity (Wildman–Crippen MR) is 106 cm³/mol. The van der Waals surface area contributed by atoms with Gasteiger partial charge in [-0.15, -0.1) is 0 Å². The number of carbonyl (C=O) groups excluding carboxylic acids is 1. The SMILES string of the molecule is CN=C(NCCCOCC1CCOC1)NC1CCCC(C(=O)NC2CC2)C1. The Bertz CT molecular complexity index is 490. The van der Waals surface area contributed by atoms with Gasteiger partial charge in [-0.05, 0) is 44.9 Å². The van der Waals surface area contributed by atoms with Gasteiger partial charge >= 0.3 is 0 Å². The van der Waals surface area contributed by atoms with E-state index in [2.05, 4.69) is 20.9 Å². The molecule has 3 atom stereocenters. The van der Waals surface area contributed by atoms with Crippen LogP contribution in [0.2, 0.25) is 0 Å². The summed E-state index contributed by atoms with van der Waals surface area (Å²) in [6, 6.07) is 0.766. The van der Waals surface area contributed by atoms with Gasteiger partial charge in [0.05, 0.1) is 13.2 Å². The molecule has 3 aliphatic rings. The molecule has 7 nitrogen and oxygen atoms in total. The van der Waals surface area contributed by atoms with Crippen LogP contribution in [0.1, 0.15) is 51.4 Å². The molecule has 7 heteroatoms. The lowest BCUT2D eigenvalue weighted by atomic mass is 9.85. The summed E-state index contributed by atoms with van der Waals surface area (Å²) in [5.41, 5.74) is 0. The van der Waals surface area contributed by atoms with Gasteiger partial charge in [0.15, 0.2) is 5.96 Å². The third kappa shape index (κ3) is 7.30. The van der Waals surface area contributed by atoms with Gasteiger partial charge in [0.1, 0.15) is 0 Å². The number of hydrogen-bond acceptors (Lipinski definition) is 4. The maximum absolute atomic E-state index is 12.3. The number of nitrogens with one attached hydrogen (secondary N) is 3. The topological polar surface area (TPSA) is 84.0 Å². The number of rotatable bonds is 9. The molecule has 3 unspecified atom stereocenters. The maximum Gasteiger partial charge on any atom is 0.223 e. The average molecular weight is 381 g/mol. The molecule has 3 rings (SSSR count). The first-order valence-electron chi connectivity index (χ1n) is 10.7. The zero-order valence-corrected chi connectivity index (χ0v) is 16.7. The van der Waals surface area contributed by atoms with E-state index in [0.717, 1.165) is 90.3 Å². The van der Waals surface area contributed by atoms with Crippen LogP contribution in [0.5, 0.6) is 0 Å². The molecule has 0 aromatic heterocycles. The van der Waals surface area contributed by atoms with Crippen molar-refractivity contribution in [2.75, 3.05) is 40.0 Å². The third-order valence-electron chi connectivity index (χ3n) is 5.67. The molecular weight excluding hydrogens is 344 g/mol. The summed E-state index contributed by atoms with van der Waals surface area (Å²) in [7, 11) is 1.80. The monoisotopic (exact) mass is 380 g/mol. The summed E-state index contributed by atoms with van der Waals surface area (Å²) in [5.74, 6) is 1.79. The minimum atomic E-state index is 0.142. The summed E-state index contributed by atoms with van der Waals surface area (Å²) in [6.07, 6.45) is 8.46. The maximum atomic E-state index is 12.3. The summed E-state index contributed by atoms with van der Waals surface area (Å²) in [4.78, 5) is 16.6. The van der Waals surface area contributed by atoms with Crippen molar-refractivity contribution in [3.8, 4) is 0 Å². The molecule has 27 heavy (non-hydrogen) atoms. The van der Waals surface area contributed by atoms with Crippen LogP contribution in [0.4, 0.5) is 0 Å². The van der Waals surface area contributed by atoms with E-state index < -0.39 is 0 Å². The van der Waals surface area contributed by atoms with E-state index in [1.165, 1.54) is 0 Å². The van der Waals surface area contributed by atoms with Gasteiger partial charge in [-0.1, -0.05) is 6.42 Å². The lowest BCUT2D eigenvalue weighted by Gasteiger charge is -2.30. The van der Waals surface area contributed by atoms with Crippen LogP contribution in [0.25, 0.3) is 0 Å². The highest BCUT2D eigenvalue weighted by molar-refractivity contribution is 5.81. The quantitative estimate of drug-likeness (QED) is 0.320. The zero-order chi connectivity index (χ0) is 18.9. The first kappa shape index (κ1) is 20.4. The molecule has 154 valence electrons. The number of ether oxygens (including phenoxy) is 2. The average Bonchev–Trinajstić information content (AvgIpc) is 3.34. The molecule has 1 aliphatic heterocycles. The van der Waals surface area contributed by atoms with Gasteiger partial charge in [-0.2, -0.15) is 0 Å². The fourth-order valence-corrected chi connectivity index (χ4v) is 3.84. The van der Waals surface area contributed by atoms with Crippen molar-refractivity contribution >= 4 is 11.9 Å². The number of carbonyl (C=O) groups is 1. The Balaban J connectivity index is 1.27. The highest BCUT2D eigenvalue weighted by Gasteiger charge is 2.31. The Hall–Kier alpha value is -1.34. The van der Waals surface area contributed by atoms with Gasteiger partial charge in [-0.3, -0.25) is 9.79 Å². The second-order valence-corrected chi connectivity index (χ2v) is 8.14. The summed E-state index contributed by atoms with van der Waals surface area (Å²) >= 11 is 0. The first-order chi connectivity index (χ1) is 13.2. The van der Waals surface area contributed by atoms with Gasteiger partial charge in [0.25, 0.3) is 0 Å². The second kappa shape index (κ2) is 10.9. The van der Waals surface area contributed by atoms with E-state index in [0.29, 0.717) is 18.0 Å². The zero-order valence-electron chi connectivity index (χ0n) is 16.7. The van der Waals surface area contributed by atoms with E-state index in [1.54, 1.807) is 7.05 Å². The van der Waals surface area contributed by atoms with E-state index in [-0.39, 0.29) is 11.8 Å². The van der Waals surface area contributed by atoms with Crippen LogP contribution in [0.15, 0.2) is 4.99 Å². The molecule has 2 aliphatic carbocycles. The van der Waals surface area contributed by atoms with Crippen molar-refractivity contribution in [2.24, 2.45) is 16.8 Å². The molecule has 1 amide bonds. The molecular formula is C20H36N4O3. The number of hydrogen-bond donors (Lipinski definition) is 3. The van der Waals surface area contributed by atoms with Crippen molar-refractivity contribution in [1.29, 1.82) is 0 Å². The Labute approximate surface area is 163 Å². The van der Waals surface area contributed by atoms with Gasteiger partial charge in [0.2, 0.25) is 5.91 Å². The van der Waals surface area contributed by atoms with Crippen LogP contribution in [-0.2, 0) is 14.3 Å².